The first-order chi connectivity index (χ1) is 9.24. The first-order valence-electron chi connectivity index (χ1n) is 7.51. The maximum atomic E-state index is 4.47. The molecule has 1 N–H and O–H groups in total. The van der Waals surface area contributed by atoms with Crippen LogP contribution in [0.3, 0.4) is 0 Å². The summed E-state index contributed by atoms with van der Waals surface area (Å²) in [6.07, 6.45) is 8.89. The van der Waals surface area contributed by atoms with Gasteiger partial charge in [-0.25, -0.2) is 0 Å². The van der Waals surface area contributed by atoms with Crippen LogP contribution in [0.25, 0.3) is 0 Å². The first-order valence-corrected chi connectivity index (χ1v) is 7.51. The molecule has 3 unspecified atom stereocenters. The quantitative estimate of drug-likeness (QED) is 0.903. The number of aromatic nitrogens is 2. The minimum atomic E-state index is 0.298. The highest BCUT2D eigenvalue weighted by atomic mass is 15.2. The van der Waals surface area contributed by atoms with Crippen LogP contribution in [-0.4, -0.2) is 40.0 Å². The summed E-state index contributed by atoms with van der Waals surface area (Å²) in [5.74, 6) is 0. The minimum Gasteiger partial charge on any atom is -0.306 e. The monoisotopic (exact) mass is 260 g/mol. The second-order valence-electron chi connectivity index (χ2n) is 5.97. The Morgan fingerprint density at radius 1 is 1.26 bits per heavy atom. The lowest BCUT2D eigenvalue weighted by Crippen LogP contribution is -2.46. The topological polar surface area (TPSA) is 41.1 Å². The van der Waals surface area contributed by atoms with Gasteiger partial charge >= 0.3 is 0 Å². The lowest BCUT2D eigenvalue weighted by molar-refractivity contribution is 0.161. The van der Waals surface area contributed by atoms with E-state index in [2.05, 4.69) is 27.1 Å². The van der Waals surface area contributed by atoms with Crippen molar-refractivity contribution in [3.05, 3.63) is 23.8 Å². The molecule has 2 fully saturated rings. The molecular weight excluding hydrogens is 236 g/mol. The van der Waals surface area contributed by atoms with E-state index in [0.717, 1.165) is 17.4 Å². The number of hydrogen-bond donors (Lipinski definition) is 1. The Balaban J connectivity index is 1.61. The highest BCUT2D eigenvalue weighted by molar-refractivity contribution is 5.12. The van der Waals surface area contributed by atoms with E-state index in [1.807, 2.05) is 6.92 Å². The zero-order chi connectivity index (χ0) is 13.2. The minimum absolute atomic E-state index is 0.298. The molecule has 3 heterocycles. The van der Waals surface area contributed by atoms with Crippen molar-refractivity contribution in [3.63, 3.8) is 0 Å². The Kier molecular flexibility index (Phi) is 3.80. The summed E-state index contributed by atoms with van der Waals surface area (Å²) in [7, 11) is 0. The molecule has 2 aliphatic heterocycles. The summed E-state index contributed by atoms with van der Waals surface area (Å²) in [5, 5.41) is 3.76. The molecule has 4 heteroatoms. The third-order valence-corrected chi connectivity index (χ3v) is 4.64. The Labute approximate surface area is 115 Å². The highest BCUT2D eigenvalue weighted by Crippen LogP contribution is 2.28. The summed E-state index contributed by atoms with van der Waals surface area (Å²) < 4.78 is 0. The maximum Gasteiger partial charge on any atom is 0.0782 e. The predicted octanol–water partition coefficient (Wildman–Crippen LogP) is 2.06. The molecule has 3 rings (SSSR count). The van der Waals surface area contributed by atoms with Crippen molar-refractivity contribution in [2.75, 3.05) is 13.1 Å². The van der Waals surface area contributed by atoms with Crippen molar-refractivity contribution >= 4 is 0 Å². The molecule has 0 spiro atoms. The fraction of sp³-hybridized carbons (Fsp3) is 0.733. The van der Waals surface area contributed by atoms with Gasteiger partial charge in [-0.05, 0) is 52.6 Å². The second-order valence-corrected chi connectivity index (χ2v) is 5.97. The highest BCUT2D eigenvalue weighted by Gasteiger charge is 2.32. The standard InChI is InChI=1S/C15H24N4/c1-11-15(17-7-6-16-11)12(2)18-13-5-9-19-8-3-4-14(19)10-13/h6-7,12-14,18H,3-5,8-10H2,1-2H3. The fourth-order valence-corrected chi connectivity index (χ4v) is 3.65. The Bertz CT molecular complexity index is 434. The lowest BCUT2D eigenvalue weighted by atomic mass is 9.96. The Morgan fingerprint density at radius 2 is 2.11 bits per heavy atom. The van der Waals surface area contributed by atoms with Gasteiger partial charge in [-0.3, -0.25) is 9.97 Å². The van der Waals surface area contributed by atoms with Gasteiger partial charge in [0.1, 0.15) is 0 Å². The number of piperidine rings is 1. The van der Waals surface area contributed by atoms with Gasteiger partial charge in [0.15, 0.2) is 0 Å². The average molecular weight is 260 g/mol. The molecule has 0 bridgehead atoms. The van der Waals surface area contributed by atoms with Crippen molar-refractivity contribution in [1.82, 2.24) is 20.2 Å². The SMILES string of the molecule is Cc1nccnc1C(C)NC1CCN2CCCC2C1. The molecule has 3 atom stereocenters. The predicted molar refractivity (Wildman–Crippen MR) is 75.9 cm³/mol. The summed E-state index contributed by atoms with van der Waals surface area (Å²) in [4.78, 5) is 11.5. The fourth-order valence-electron chi connectivity index (χ4n) is 3.65. The number of nitrogens with one attached hydrogen (secondary N) is 1. The van der Waals surface area contributed by atoms with Gasteiger partial charge < -0.3 is 10.2 Å². The van der Waals surface area contributed by atoms with E-state index in [9.17, 15) is 0 Å². The van der Waals surface area contributed by atoms with Crippen molar-refractivity contribution in [1.29, 1.82) is 0 Å². The smallest absolute Gasteiger partial charge is 0.0782 e. The second kappa shape index (κ2) is 5.55. The molecule has 2 aliphatic rings. The number of rotatable bonds is 3. The van der Waals surface area contributed by atoms with Crippen LogP contribution in [0, 0.1) is 6.92 Å². The largest absolute Gasteiger partial charge is 0.306 e. The van der Waals surface area contributed by atoms with E-state index in [1.165, 1.54) is 38.8 Å². The van der Waals surface area contributed by atoms with Crippen LogP contribution < -0.4 is 5.32 Å². The van der Waals surface area contributed by atoms with Gasteiger partial charge in [0, 0.05) is 30.5 Å². The summed E-state index contributed by atoms with van der Waals surface area (Å²) in [6, 6.07) is 1.75. The van der Waals surface area contributed by atoms with Crippen molar-refractivity contribution in [2.24, 2.45) is 0 Å². The number of nitrogens with zero attached hydrogens (tertiary/aromatic N) is 3. The van der Waals surface area contributed by atoms with Crippen LogP contribution in [0.1, 0.15) is 50.0 Å². The Hall–Kier alpha value is -1.00. The number of hydrogen-bond acceptors (Lipinski definition) is 4. The van der Waals surface area contributed by atoms with E-state index in [4.69, 9.17) is 0 Å². The summed E-state index contributed by atoms with van der Waals surface area (Å²) >= 11 is 0. The molecule has 0 aliphatic carbocycles. The molecular formula is C15H24N4. The molecule has 0 amide bonds. The average Bonchev–Trinajstić information content (AvgIpc) is 2.86. The van der Waals surface area contributed by atoms with E-state index in [-0.39, 0.29) is 0 Å². The molecule has 1 aromatic heterocycles. The first kappa shape index (κ1) is 13.0. The number of fused-ring (bicyclic) bond motifs is 1. The molecule has 0 radical (unpaired) electrons. The van der Waals surface area contributed by atoms with Crippen molar-refractivity contribution in [2.45, 2.75) is 57.7 Å². The van der Waals surface area contributed by atoms with Crippen LogP contribution in [-0.2, 0) is 0 Å². The molecule has 1 aromatic rings. The van der Waals surface area contributed by atoms with E-state index in [1.54, 1.807) is 12.4 Å². The van der Waals surface area contributed by atoms with Crippen LogP contribution >= 0.6 is 0 Å². The van der Waals surface area contributed by atoms with Crippen molar-refractivity contribution in [3.8, 4) is 0 Å². The molecule has 4 nitrogen and oxygen atoms in total. The zero-order valence-electron chi connectivity index (χ0n) is 12.0. The van der Waals surface area contributed by atoms with E-state index in [0.29, 0.717) is 12.1 Å². The van der Waals surface area contributed by atoms with Crippen molar-refractivity contribution < 1.29 is 0 Å². The summed E-state index contributed by atoms with van der Waals surface area (Å²) in [6.45, 7) is 6.82. The molecule has 0 saturated carbocycles. The molecule has 2 saturated heterocycles. The molecule has 0 aromatic carbocycles. The van der Waals surface area contributed by atoms with Crippen LogP contribution in [0.5, 0.6) is 0 Å². The van der Waals surface area contributed by atoms with Gasteiger partial charge in [0.25, 0.3) is 0 Å². The van der Waals surface area contributed by atoms with Gasteiger partial charge in [0.05, 0.1) is 11.4 Å². The van der Waals surface area contributed by atoms with Crippen LogP contribution in [0.4, 0.5) is 0 Å². The van der Waals surface area contributed by atoms with E-state index >= 15 is 0 Å². The van der Waals surface area contributed by atoms with Gasteiger partial charge in [0.2, 0.25) is 0 Å². The maximum absolute atomic E-state index is 4.47. The molecule has 104 valence electrons. The van der Waals surface area contributed by atoms with Crippen LogP contribution in [0.2, 0.25) is 0 Å². The third kappa shape index (κ3) is 2.79. The van der Waals surface area contributed by atoms with Gasteiger partial charge in [-0.1, -0.05) is 0 Å². The lowest BCUT2D eigenvalue weighted by Gasteiger charge is -2.36. The van der Waals surface area contributed by atoms with E-state index < -0.39 is 0 Å². The zero-order valence-corrected chi connectivity index (χ0v) is 12.0. The van der Waals surface area contributed by atoms with Gasteiger partial charge in [-0.2, -0.15) is 0 Å². The number of aryl methyl sites for hydroxylation is 1. The molecule has 19 heavy (non-hydrogen) atoms. The van der Waals surface area contributed by atoms with Crippen LogP contribution in [0.15, 0.2) is 12.4 Å². The summed E-state index contributed by atoms with van der Waals surface area (Å²) in [5.41, 5.74) is 2.14. The normalized spacial score (nSPS) is 29.2. The third-order valence-electron chi connectivity index (χ3n) is 4.64. The Morgan fingerprint density at radius 3 is 2.95 bits per heavy atom. The van der Waals surface area contributed by atoms with Gasteiger partial charge in [-0.15, -0.1) is 0 Å².